The predicted molar refractivity (Wildman–Crippen MR) is 106 cm³/mol. The molecule has 5 heteroatoms. The van der Waals surface area contributed by atoms with Gasteiger partial charge in [-0.05, 0) is 43.5 Å². The van der Waals surface area contributed by atoms with Crippen LogP contribution in [0.15, 0.2) is 42.5 Å². The lowest BCUT2D eigenvalue weighted by atomic mass is 9.75. The molecule has 4 atom stereocenters. The van der Waals surface area contributed by atoms with E-state index in [1.54, 1.807) is 0 Å². The number of rotatable bonds is 3. The summed E-state index contributed by atoms with van der Waals surface area (Å²) in [6.07, 6.45) is 2.09. The molecule has 3 rings (SSSR count). The molecule has 2 aliphatic heterocycles. The summed E-state index contributed by atoms with van der Waals surface area (Å²) in [7, 11) is 0. The fourth-order valence-electron chi connectivity index (χ4n) is 4.15. The summed E-state index contributed by atoms with van der Waals surface area (Å²) in [5, 5.41) is 3.43. The van der Waals surface area contributed by atoms with Gasteiger partial charge in [0.25, 0.3) is 0 Å². The van der Waals surface area contributed by atoms with Crippen LogP contribution in [0.25, 0.3) is 0 Å². The zero-order valence-corrected chi connectivity index (χ0v) is 16.3. The Kier molecular flexibility index (Phi) is 6.20. The second-order valence-electron chi connectivity index (χ2n) is 7.25. The lowest BCUT2D eigenvalue weighted by Crippen LogP contribution is -2.44. The third kappa shape index (κ3) is 4.12. The van der Waals surface area contributed by atoms with E-state index in [4.69, 9.17) is 4.74 Å². The van der Waals surface area contributed by atoms with Gasteiger partial charge < -0.3 is 10.1 Å². The van der Waals surface area contributed by atoms with Crippen molar-refractivity contribution in [3.8, 4) is 11.8 Å². The quantitative estimate of drug-likeness (QED) is 0.486. The van der Waals surface area contributed by atoms with Crippen LogP contribution in [0.5, 0.6) is 0 Å². The Hall–Kier alpha value is -2.19. The van der Waals surface area contributed by atoms with Gasteiger partial charge in [0.15, 0.2) is 0 Å². The van der Waals surface area contributed by atoms with Crippen molar-refractivity contribution in [2.24, 2.45) is 5.92 Å². The molecule has 2 nitrogen and oxygen atoms in total. The molecule has 0 aromatic heterocycles. The molecular formula is C23H26F3NO. The van der Waals surface area contributed by atoms with Crippen LogP contribution in [0.4, 0.5) is 18.9 Å². The molecule has 1 aromatic carbocycles. The molecule has 1 N–H and O–H groups in total. The van der Waals surface area contributed by atoms with Gasteiger partial charge in [0.1, 0.15) is 0 Å². The van der Waals surface area contributed by atoms with Gasteiger partial charge in [-0.2, -0.15) is 13.2 Å². The Morgan fingerprint density at radius 2 is 2.11 bits per heavy atom. The highest BCUT2D eigenvalue weighted by molar-refractivity contribution is 5.59. The Morgan fingerprint density at radius 1 is 1.32 bits per heavy atom. The molecule has 0 amide bonds. The molecule has 1 saturated heterocycles. The first kappa shape index (κ1) is 20.5. The molecule has 0 aliphatic carbocycles. The van der Waals surface area contributed by atoms with Crippen molar-refractivity contribution in [2.45, 2.75) is 64.0 Å². The molecule has 2 aliphatic rings. The number of nitrogens with one attached hydrogen (secondary N) is 1. The van der Waals surface area contributed by atoms with E-state index in [-0.39, 0.29) is 24.2 Å². The van der Waals surface area contributed by atoms with Crippen LogP contribution < -0.4 is 5.32 Å². The van der Waals surface area contributed by atoms with E-state index in [0.717, 1.165) is 30.9 Å². The first-order chi connectivity index (χ1) is 13.4. The standard InChI is InChI=1S/C23H26F3NO/c1-4-7-8-9-17-11-12-18-21(15(5-2)6-3)27-20-13-10-16(23(24,25)26)14-19(20)22(18)28-17/h5-6,10,13-14,17-18,21-22,27H,2,4,9,11-12H2,1,3H3/b15-6+/t17?,18?,21-,22?/m0/s1. The third-order valence-electron chi connectivity index (χ3n) is 5.53. The van der Waals surface area contributed by atoms with Crippen molar-refractivity contribution in [3.05, 3.63) is 53.6 Å². The summed E-state index contributed by atoms with van der Waals surface area (Å²) in [4.78, 5) is 0. The zero-order chi connectivity index (χ0) is 20.3. The summed E-state index contributed by atoms with van der Waals surface area (Å²) >= 11 is 0. The van der Waals surface area contributed by atoms with Crippen LogP contribution in [-0.4, -0.2) is 12.1 Å². The van der Waals surface area contributed by atoms with Gasteiger partial charge in [-0.1, -0.05) is 25.7 Å². The molecule has 0 spiro atoms. The van der Waals surface area contributed by atoms with E-state index >= 15 is 0 Å². The number of benzene rings is 1. The predicted octanol–water partition coefficient (Wildman–Crippen LogP) is 6.27. The number of allylic oxidation sites excluding steroid dienone is 1. The Balaban J connectivity index is 1.99. The fourth-order valence-corrected chi connectivity index (χ4v) is 4.15. The molecule has 3 unspecified atom stereocenters. The van der Waals surface area contributed by atoms with Gasteiger partial charge in [0, 0.05) is 30.0 Å². The lowest BCUT2D eigenvalue weighted by Gasteiger charge is -2.46. The molecule has 0 radical (unpaired) electrons. The van der Waals surface area contributed by atoms with E-state index in [2.05, 4.69) is 23.7 Å². The number of hydrogen-bond acceptors (Lipinski definition) is 2. The number of anilines is 1. The van der Waals surface area contributed by atoms with Crippen molar-refractivity contribution >= 4 is 5.69 Å². The summed E-state index contributed by atoms with van der Waals surface area (Å²) in [6.45, 7) is 7.83. The summed E-state index contributed by atoms with van der Waals surface area (Å²) < 4.78 is 46.2. The van der Waals surface area contributed by atoms with Gasteiger partial charge in [-0.15, -0.1) is 11.8 Å². The second kappa shape index (κ2) is 8.45. The fraction of sp³-hybridized carbons (Fsp3) is 0.478. The first-order valence-electron chi connectivity index (χ1n) is 9.76. The molecule has 0 bridgehead atoms. The first-order valence-corrected chi connectivity index (χ1v) is 9.76. The minimum atomic E-state index is -4.38. The van der Waals surface area contributed by atoms with Crippen molar-refractivity contribution in [1.29, 1.82) is 0 Å². The summed E-state index contributed by atoms with van der Waals surface area (Å²) in [6, 6.07) is 3.85. The van der Waals surface area contributed by atoms with Crippen molar-refractivity contribution in [1.82, 2.24) is 0 Å². The molecule has 28 heavy (non-hydrogen) atoms. The van der Waals surface area contributed by atoms with Gasteiger partial charge in [0.05, 0.1) is 23.8 Å². The van der Waals surface area contributed by atoms with Crippen LogP contribution in [0, 0.1) is 17.8 Å². The smallest absolute Gasteiger partial charge is 0.378 e. The van der Waals surface area contributed by atoms with Gasteiger partial charge in [-0.3, -0.25) is 0 Å². The number of halogens is 3. The largest absolute Gasteiger partial charge is 0.416 e. The summed E-state index contributed by atoms with van der Waals surface area (Å²) in [5.74, 6) is 6.22. The molecule has 1 aromatic rings. The number of hydrogen-bond donors (Lipinski definition) is 1. The monoisotopic (exact) mass is 389 g/mol. The molecule has 0 saturated carbocycles. The second-order valence-corrected chi connectivity index (χ2v) is 7.25. The van der Waals surface area contributed by atoms with Crippen LogP contribution in [-0.2, 0) is 10.9 Å². The van der Waals surface area contributed by atoms with E-state index < -0.39 is 11.7 Å². The highest BCUT2D eigenvalue weighted by Crippen LogP contribution is 2.48. The van der Waals surface area contributed by atoms with E-state index in [1.165, 1.54) is 12.1 Å². The van der Waals surface area contributed by atoms with Crippen molar-refractivity contribution < 1.29 is 17.9 Å². The minimum absolute atomic E-state index is 0.0283. The minimum Gasteiger partial charge on any atom is -0.378 e. The Bertz CT molecular complexity index is 815. The van der Waals surface area contributed by atoms with Gasteiger partial charge in [0.2, 0.25) is 0 Å². The van der Waals surface area contributed by atoms with Crippen LogP contribution >= 0.6 is 0 Å². The normalized spacial score (nSPS) is 27.0. The molecule has 2 heterocycles. The molecular weight excluding hydrogens is 363 g/mol. The maximum absolute atomic E-state index is 13.3. The van der Waals surface area contributed by atoms with Crippen LogP contribution in [0.1, 0.15) is 56.8 Å². The van der Waals surface area contributed by atoms with E-state index in [0.29, 0.717) is 17.7 Å². The summed E-state index contributed by atoms with van der Waals surface area (Å²) in [5.41, 5.74) is 1.68. The van der Waals surface area contributed by atoms with Crippen LogP contribution in [0.3, 0.4) is 0 Å². The number of fused-ring (bicyclic) bond motifs is 3. The maximum Gasteiger partial charge on any atom is 0.416 e. The van der Waals surface area contributed by atoms with Crippen molar-refractivity contribution in [3.63, 3.8) is 0 Å². The van der Waals surface area contributed by atoms with E-state index in [9.17, 15) is 13.2 Å². The Morgan fingerprint density at radius 3 is 2.75 bits per heavy atom. The Labute approximate surface area is 164 Å². The van der Waals surface area contributed by atoms with Gasteiger partial charge >= 0.3 is 6.18 Å². The van der Waals surface area contributed by atoms with Crippen molar-refractivity contribution in [2.75, 3.05) is 5.32 Å². The van der Waals surface area contributed by atoms with Gasteiger partial charge in [-0.25, -0.2) is 0 Å². The lowest BCUT2D eigenvalue weighted by molar-refractivity contribution is -0.138. The SMILES string of the molecule is C=C/C(=C\C)[C@@H]1Nc2ccc(C(F)(F)F)cc2C2OC(CC#CCC)CCC21. The van der Waals surface area contributed by atoms with E-state index in [1.807, 2.05) is 26.0 Å². The maximum atomic E-state index is 13.3. The number of alkyl halides is 3. The highest BCUT2D eigenvalue weighted by Gasteiger charge is 2.43. The topological polar surface area (TPSA) is 21.3 Å². The number of ether oxygens (including phenoxy) is 1. The zero-order valence-electron chi connectivity index (χ0n) is 16.3. The third-order valence-corrected chi connectivity index (χ3v) is 5.53. The van der Waals surface area contributed by atoms with Crippen LogP contribution in [0.2, 0.25) is 0 Å². The molecule has 1 fully saturated rings. The highest BCUT2D eigenvalue weighted by atomic mass is 19.4. The average Bonchev–Trinajstić information content (AvgIpc) is 2.68. The molecule has 150 valence electrons. The average molecular weight is 389 g/mol.